The molecule has 0 atom stereocenters. The topological polar surface area (TPSA) is 158 Å². The predicted molar refractivity (Wildman–Crippen MR) is 73.3 cm³/mol. The summed E-state index contributed by atoms with van der Waals surface area (Å²) in [4.78, 5) is -0.0833. The first-order valence-corrected chi connectivity index (χ1v) is 8.52. The van der Waals surface area contributed by atoms with Crippen LogP contribution in [-0.4, -0.2) is 29.1 Å². The molecule has 0 amide bonds. The summed E-state index contributed by atoms with van der Waals surface area (Å²) in [6.07, 6.45) is 0.315. The van der Waals surface area contributed by atoms with Gasteiger partial charge < -0.3 is 11.1 Å². The second-order valence-electron chi connectivity index (χ2n) is 3.94. The first-order valence-electron chi connectivity index (χ1n) is 5.26. The summed E-state index contributed by atoms with van der Waals surface area (Å²) in [6, 6.07) is 4.01. The molecule has 0 unspecified atom stereocenters. The molecule has 108 valence electrons. The third kappa shape index (κ3) is 5.42. The van der Waals surface area contributed by atoms with Gasteiger partial charge in [0.2, 0.25) is 20.0 Å². The van der Waals surface area contributed by atoms with Gasteiger partial charge in [-0.3, -0.25) is 0 Å². The van der Waals surface area contributed by atoms with Crippen LogP contribution in [0.25, 0.3) is 0 Å². The molecule has 1 aromatic carbocycles. The summed E-state index contributed by atoms with van der Waals surface area (Å²) in [5, 5.41) is 12.7. The fraction of sp³-hybridized carbons (Fsp3) is 0.333. The van der Waals surface area contributed by atoms with Gasteiger partial charge in [-0.2, -0.15) is 0 Å². The van der Waals surface area contributed by atoms with E-state index in [4.69, 9.17) is 16.0 Å². The smallest absolute Gasteiger partial charge is 0.238 e. The van der Waals surface area contributed by atoms with Crippen LogP contribution in [0.15, 0.2) is 23.1 Å². The van der Waals surface area contributed by atoms with Gasteiger partial charge in [0.1, 0.15) is 0 Å². The highest BCUT2D eigenvalue weighted by atomic mass is 32.2. The highest BCUT2D eigenvalue weighted by Gasteiger charge is 2.10. The third-order valence-corrected chi connectivity index (χ3v) is 4.04. The van der Waals surface area contributed by atoms with Gasteiger partial charge in [-0.15, -0.1) is 0 Å². The van der Waals surface area contributed by atoms with Crippen LogP contribution >= 0.6 is 0 Å². The van der Waals surface area contributed by atoms with Crippen LogP contribution in [0.5, 0.6) is 0 Å². The van der Waals surface area contributed by atoms with E-state index in [0.29, 0.717) is 18.7 Å². The number of nitrogens with two attached hydrogens (primary N) is 3. The molecule has 0 saturated carbocycles. The molecule has 7 N–H and O–H groups in total. The lowest BCUT2D eigenvalue weighted by atomic mass is 10.2. The molecule has 0 radical (unpaired) electrons. The standard InChI is InChI=1S/C9H16N4O4S2/c10-8-6-7(19(12,16)17)2-3-9(8)13-4-1-5-18(11,14)15/h2-3,6,13H,1,4-5,10H2,(H2,11,14,15)(H2,12,16,17). The largest absolute Gasteiger partial charge is 0.397 e. The van der Waals surface area contributed by atoms with E-state index in [1.807, 2.05) is 0 Å². The minimum Gasteiger partial charge on any atom is -0.397 e. The van der Waals surface area contributed by atoms with Crippen molar-refractivity contribution in [3.8, 4) is 0 Å². The zero-order valence-electron chi connectivity index (χ0n) is 10.0. The highest BCUT2D eigenvalue weighted by Crippen LogP contribution is 2.21. The van der Waals surface area contributed by atoms with Gasteiger partial charge in [0.15, 0.2) is 0 Å². The van der Waals surface area contributed by atoms with Crippen LogP contribution in [0, 0.1) is 0 Å². The molecule has 0 aliphatic carbocycles. The van der Waals surface area contributed by atoms with Gasteiger partial charge in [0.25, 0.3) is 0 Å². The average molecular weight is 308 g/mol. The van der Waals surface area contributed by atoms with E-state index in [0.717, 1.165) is 0 Å². The number of benzene rings is 1. The van der Waals surface area contributed by atoms with Gasteiger partial charge in [-0.25, -0.2) is 27.1 Å². The van der Waals surface area contributed by atoms with Crippen LogP contribution in [-0.2, 0) is 20.0 Å². The van der Waals surface area contributed by atoms with E-state index in [-0.39, 0.29) is 16.3 Å². The molecule has 0 saturated heterocycles. The second kappa shape index (κ2) is 5.74. The zero-order chi connectivity index (χ0) is 14.7. The number of hydrogen-bond acceptors (Lipinski definition) is 6. The summed E-state index contributed by atoms with van der Waals surface area (Å²) in [7, 11) is -7.27. The Bertz CT molecular complexity index is 655. The van der Waals surface area contributed by atoms with Gasteiger partial charge >= 0.3 is 0 Å². The van der Waals surface area contributed by atoms with Crippen molar-refractivity contribution < 1.29 is 16.8 Å². The molecular weight excluding hydrogens is 292 g/mol. The minimum absolute atomic E-state index is 0.0833. The van der Waals surface area contributed by atoms with E-state index in [1.165, 1.54) is 18.2 Å². The molecule has 0 fully saturated rings. The molecule has 0 aliphatic rings. The van der Waals surface area contributed by atoms with Crippen LogP contribution in [0.4, 0.5) is 11.4 Å². The Labute approximate surface area is 112 Å². The molecule has 1 aromatic rings. The monoisotopic (exact) mass is 308 g/mol. The van der Waals surface area contributed by atoms with E-state index < -0.39 is 20.0 Å². The van der Waals surface area contributed by atoms with Crippen molar-refractivity contribution in [1.82, 2.24) is 0 Å². The molecule has 0 aromatic heterocycles. The van der Waals surface area contributed by atoms with Crippen LogP contribution < -0.4 is 21.3 Å². The first-order chi connectivity index (χ1) is 8.59. The maximum absolute atomic E-state index is 11.1. The molecular formula is C9H16N4O4S2. The van der Waals surface area contributed by atoms with Crippen molar-refractivity contribution >= 4 is 31.4 Å². The molecule has 10 heteroatoms. The summed E-state index contributed by atoms with van der Waals surface area (Å²) >= 11 is 0. The Balaban J connectivity index is 2.66. The van der Waals surface area contributed by atoms with Crippen molar-refractivity contribution in [2.24, 2.45) is 10.3 Å². The minimum atomic E-state index is -3.79. The molecule has 0 bridgehead atoms. The van der Waals surface area contributed by atoms with E-state index in [9.17, 15) is 16.8 Å². The lowest BCUT2D eigenvalue weighted by Crippen LogP contribution is -2.19. The van der Waals surface area contributed by atoms with Gasteiger partial charge in [-0.1, -0.05) is 0 Å². The molecule has 19 heavy (non-hydrogen) atoms. The van der Waals surface area contributed by atoms with Gasteiger partial charge in [0.05, 0.1) is 22.0 Å². The Morgan fingerprint density at radius 3 is 2.21 bits per heavy atom. The molecule has 0 spiro atoms. The fourth-order valence-corrected chi connectivity index (χ4v) is 2.47. The summed E-state index contributed by atoms with van der Waals surface area (Å²) in [5.74, 6) is -0.144. The number of anilines is 2. The van der Waals surface area contributed by atoms with Gasteiger partial charge in [-0.05, 0) is 24.6 Å². The number of nitrogens with one attached hydrogen (secondary N) is 1. The maximum Gasteiger partial charge on any atom is 0.238 e. The van der Waals surface area contributed by atoms with Crippen molar-refractivity contribution in [2.45, 2.75) is 11.3 Å². The Morgan fingerprint density at radius 1 is 1.11 bits per heavy atom. The predicted octanol–water partition coefficient (Wildman–Crippen LogP) is -0.993. The number of nitrogen functional groups attached to an aromatic ring is 1. The van der Waals surface area contributed by atoms with E-state index in [1.54, 1.807) is 0 Å². The fourth-order valence-electron chi connectivity index (χ4n) is 1.38. The van der Waals surface area contributed by atoms with Crippen LogP contribution in [0.1, 0.15) is 6.42 Å². The van der Waals surface area contributed by atoms with Gasteiger partial charge in [0, 0.05) is 6.54 Å². The average Bonchev–Trinajstić information content (AvgIpc) is 2.23. The van der Waals surface area contributed by atoms with Crippen LogP contribution in [0.2, 0.25) is 0 Å². The van der Waals surface area contributed by atoms with Crippen molar-refractivity contribution in [1.29, 1.82) is 0 Å². The van der Waals surface area contributed by atoms with Crippen molar-refractivity contribution in [2.75, 3.05) is 23.3 Å². The van der Waals surface area contributed by atoms with Crippen molar-refractivity contribution in [3.05, 3.63) is 18.2 Å². The normalized spacial score (nSPS) is 12.3. The maximum atomic E-state index is 11.1. The Morgan fingerprint density at radius 2 is 1.74 bits per heavy atom. The molecule has 0 aliphatic heterocycles. The zero-order valence-corrected chi connectivity index (χ0v) is 11.7. The van der Waals surface area contributed by atoms with E-state index in [2.05, 4.69) is 5.32 Å². The number of primary sulfonamides is 2. The Hall–Kier alpha value is -1.36. The lowest BCUT2D eigenvalue weighted by molar-refractivity contribution is 0.594. The number of hydrogen-bond donors (Lipinski definition) is 4. The SMILES string of the molecule is Nc1cc(S(N)(=O)=O)ccc1NCCCS(N)(=O)=O. The Kier molecular flexibility index (Phi) is 4.74. The number of sulfonamides is 2. The molecule has 0 heterocycles. The highest BCUT2D eigenvalue weighted by molar-refractivity contribution is 7.89. The third-order valence-electron chi connectivity index (χ3n) is 2.27. The quantitative estimate of drug-likeness (QED) is 0.390. The summed E-state index contributed by atoms with van der Waals surface area (Å²) < 4.78 is 43.6. The summed E-state index contributed by atoms with van der Waals surface area (Å²) in [6.45, 7) is 0.343. The first kappa shape index (κ1) is 15.7. The molecule has 1 rings (SSSR count). The second-order valence-corrected chi connectivity index (χ2v) is 7.24. The number of rotatable bonds is 6. The molecule has 8 nitrogen and oxygen atoms in total. The lowest BCUT2D eigenvalue weighted by Gasteiger charge is -2.10. The van der Waals surface area contributed by atoms with Crippen LogP contribution in [0.3, 0.4) is 0 Å². The van der Waals surface area contributed by atoms with E-state index >= 15 is 0 Å². The summed E-state index contributed by atoms with van der Waals surface area (Å²) in [5.41, 5.74) is 6.37. The van der Waals surface area contributed by atoms with Crippen molar-refractivity contribution in [3.63, 3.8) is 0 Å².